The highest BCUT2D eigenvalue weighted by Gasteiger charge is 2.34. The van der Waals surface area contributed by atoms with Gasteiger partial charge in [-0.2, -0.15) is 4.98 Å². The average molecular weight is 437 g/mol. The summed E-state index contributed by atoms with van der Waals surface area (Å²) in [5.41, 5.74) is 3.35. The lowest BCUT2D eigenvalue weighted by Gasteiger charge is -2.37. The largest absolute Gasteiger partial charge is 0.351 e. The minimum Gasteiger partial charge on any atom is -0.351 e. The molecule has 1 aliphatic rings. The number of rotatable bonds is 6. The quantitative estimate of drug-likeness (QED) is 0.509. The van der Waals surface area contributed by atoms with Gasteiger partial charge in [0, 0.05) is 17.8 Å². The number of nitrogens with one attached hydrogen (secondary N) is 1. The highest BCUT2D eigenvalue weighted by Crippen LogP contribution is 2.37. The van der Waals surface area contributed by atoms with Crippen LogP contribution < -0.4 is 5.32 Å². The molecule has 7 heteroatoms. The van der Waals surface area contributed by atoms with Crippen LogP contribution in [0, 0.1) is 11.7 Å². The number of halogens is 1. The molecule has 0 fully saturated rings. The fourth-order valence-corrected chi connectivity index (χ4v) is 4.03. The van der Waals surface area contributed by atoms with Gasteiger partial charge < -0.3 is 14.7 Å². The number of benzene rings is 2. The molecule has 5 nitrogen and oxygen atoms in total. The molecule has 3 aromatic rings. The minimum absolute atomic E-state index is 0.306. The smallest absolute Gasteiger partial charge is 0.258 e. The second-order valence-corrected chi connectivity index (χ2v) is 8.45. The minimum atomic E-state index is -0.387. The van der Waals surface area contributed by atoms with E-state index in [0.29, 0.717) is 22.7 Å². The topological polar surface area (TPSA) is 54.2 Å². The summed E-state index contributed by atoms with van der Waals surface area (Å²) in [6.07, 6.45) is 0.982. The number of hydrogen-bond acceptors (Lipinski definition) is 4. The molecule has 1 aliphatic heterocycles. The molecule has 0 bridgehead atoms. The lowest BCUT2D eigenvalue weighted by molar-refractivity contribution is 0.390. The SMILES string of the molecule is CC1=C(c2nc(-c3ccccc3)no2)C(c2cccc(F)c2)NC(=S)N1CCC(C)C. The second kappa shape index (κ2) is 8.98. The molecule has 0 amide bonds. The third-order valence-corrected chi connectivity index (χ3v) is 5.74. The highest BCUT2D eigenvalue weighted by molar-refractivity contribution is 7.80. The Morgan fingerprint density at radius 3 is 2.65 bits per heavy atom. The van der Waals surface area contributed by atoms with E-state index in [1.165, 1.54) is 12.1 Å². The van der Waals surface area contributed by atoms with Crippen molar-refractivity contribution in [3.05, 3.63) is 77.6 Å². The molecule has 1 unspecified atom stereocenters. The molecule has 0 saturated heterocycles. The van der Waals surface area contributed by atoms with E-state index in [1.807, 2.05) is 43.3 Å². The summed E-state index contributed by atoms with van der Waals surface area (Å²) in [6.45, 7) is 7.13. The molecular formula is C24H25FN4OS. The molecule has 0 aliphatic carbocycles. The summed E-state index contributed by atoms with van der Waals surface area (Å²) in [6, 6.07) is 15.8. The Morgan fingerprint density at radius 2 is 1.94 bits per heavy atom. The van der Waals surface area contributed by atoms with Gasteiger partial charge >= 0.3 is 0 Å². The molecule has 1 N–H and O–H groups in total. The summed E-state index contributed by atoms with van der Waals surface area (Å²) < 4.78 is 19.7. The van der Waals surface area contributed by atoms with Crippen molar-refractivity contribution in [1.29, 1.82) is 0 Å². The molecule has 1 atom stereocenters. The van der Waals surface area contributed by atoms with Crippen molar-refractivity contribution in [3.8, 4) is 11.4 Å². The molecule has 4 rings (SSSR count). The lowest BCUT2D eigenvalue weighted by Crippen LogP contribution is -2.46. The first-order valence-electron chi connectivity index (χ1n) is 10.4. The fraction of sp³-hybridized carbons (Fsp3) is 0.292. The summed E-state index contributed by atoms with van der Waals surface area (Å²) in [5.74, 6) is 1.14. The second-order valence-electron chi connectivity index (χ2n) is 8.06. The van der Waals surface area contributed by atoms with Gasteiger partial charge in [0.05, 0.1) is 11.6 Å². The van der Waals surface area contributed by atoms with E-state index in [1.54, 1.807) is 6.07 Å². The van der Waals surface area contributed by atoms with E-state index in [-0.39, 0.29) is 11.9 Å². The van der Waals surface area contributed by atoms with Crippen molar-refractivity contribution in [3.63, 3.8) is 0 Å². The number of thiocarbonyl (C=S) groups is 1. The van der Waals surface area contributed by atoms with E-state index in [4.69, 9.17) is 16.7 Å². The maximum atomic E-state index is 14.0. The van der Waals surface area contributed by atoms with Crippen LogP contribution in [0.4, 0.5) is 4.39 Å². The number of allylic oxidation sites excluding steroid dienone is 1. The zero-order valence-corrected chi connectivity index (χ0v) is 18.6. The fourth-order valence-electron chi connectivity index (χ4n) is 3.69. The van der Waals surface area contributed by atoms with Gasteiger partial charge in [-0.05, 0) is 49.2 Å². The van der Waals surface area contributed by atoms with Gasteiger partial charge in [-0.25, -0.2) is 4.39 Å². The summed E-state index contributed by atoms with van der Waals surface area (Å²) in [4.78, 5) is 6.73. The van der Waals surface area contributed by atoms with Gasteiger partial charge in [0.25, 0.3) is 5.89 Å². The summed E-state index contributed by atoms with van der Waals surface area (Å²) >= 11 is 5.67. The zero-order valence-electron chi connectivity index (χ0n) is 17.8. The first-order valence-corrected chi connectivity index (χ1v) is 10.8. The molecule has 1 aromatic heterocycles. The van der Waals surface area contributed by atoms with E-state index in [0.717, 1.165) is 35.4 Å². The van der Waals surface area contributed by atoms with Crippen LogP contribution in [-0.2, 0) is 0 Å². The summed E-state index contributed by atoms with van der Waals surface area (Å²) in [5, 5.41) is 8.16. The van der Waals surface area contributed by atoms with Crippen molar-refractivity contribution < 1.29 is 8.91 Å². The Hall–Kier alpha value is -3.06. The number of aromatic nitrogens is 2. The standard InChI is InChI=1S/C24H25FN4OS/c1-15(2)12-13-29-16(3)20(21(26-24(29)31)18-10-7-11-19(25)14-18)23-27-22(28-30-23)17-8-5-4-6-9-17/h4-11,14-15,21H,12-13H2,1-3H3,(H,26,31). The average Bonchev–Trinajstić information content (AvgIpc) is 3.23. The van der Waals surface area contributed by atoms with Gasteiger partial charge in [0.15, 0.2) is 5.11 Å². The van der Waals surface area contributed by atoms with Crippen LogP contribution >= 0.6 is 12.2 Å². The Balaban J connectivity index is 1.79. The van der Waals surface area contributed by atoms with E-state index < -0.39 is 0 Å². The molecule has 0 radical (unpaired) electrons. The predicted octanol–water partition coefficient (Wildman–Crippen LogP) is 5.58. The highest BCUT2D eigenvalue weighted by atomic mass is 32.1. The van der Waals surface area contributed by atoms with E-state index in [9.17, 15) is 4.39 Å². The van der Waals surface area contributed by atoms with E-state index >= 15 is 0 Å². The monoisotopic (exact) mass is 436 g/mol. The summed E-state index contributed by atoms with van der Waals surface area (Å²) in [7, 11) is 0. The van der Waals surface area contributed by atoms with Crippen molar-refractivity contribution in [2.24, 2.45) is 5.92 Å². The maximum Gasteiger partial charge on any atom is 0.258 e. The molecule has 160 valence electrons. The third kappa shape index (κ3) is 4.51. The molecule has 31 heavy (non-hydrogen) atoms. The zero-order chi connectivity index (χ0) is 22.0. The van der Waals surface area contributed by atoms with Crippen molar-refractivity contribution >= 4 is 22.9 Å². The van der Waals surface area contributed by atoms with Crippen molar-refractivity contribution in [2.45, 2.75) is 33.2 Å². The Morgan fingerprint density at radius 1 is 1.16 bits per heavy atom. The number of nitrogens with zero attached hydrogens (tertiary/aromatic N) is 3. The molecule has 2 aromatic carbocycles. The van der Waals surface area contributed by atoms with Crippen LogP contribution in [0.2, 0.25) is 0 Å². The first-order chi connectivity index (χ1) is 14.9. The van der Waals surface area contributed by atoms with Gasteiger partial charge in [-0.3, -0.25) is 0 Å². The number of hydrogen-bond donors (Lipinski definition) is 1. The molecule has 0 spiro atoms. The van der Waals surface area contributed by atoms with Crippen molar-refractivity contribution in [1.82, 2.24) is 20.4 Å². The maximum absolute atomic E-state index is 14.0. The van der Waals surface area contributed by atoms with Crippen LogP contribution in [0.25, 0.3) is 17.0 Å². The molecule has 2 heterocycles. The Bertz CT molecular complexity index is 1110. The van der Waals surface area contributed by atoms with Crippen LogP contribution in [-0.4, -0.2) is 26.7 Å². The van der Waals surface area contributed by atoms with Crippen LogP contribution in [0.15, 0.2) is 64.8 Å². The molecular weight excluding hydrogens is 411 g/mol. The Labute approximate surface area is 187 Å². The van der Waals surface area contributed by atoms with Gasteiger partial charge in [-0.15, -0.1) is 0 Å². The van der Waals surface area contributed by atoms with Crippen LogP contribution in [0.5, 0.6) is 0 Å². The van der Waals surface area contributed by atoms with E-state index in [2.05, 4.69) is 34.2 Å². The van der Waals surface area contributed by atoms with Crippen LogP contribution in [0.1, 0.15) is 44.7 Å². The lowest BCUT2D eigenvalue weighted by atomic mass is 9.94. The normalized spacial score (nSPS) is 16.7. The van der Waals surface area contributed by atoms with Crippen LogP contribution in [0.3, 0.4) is 0 Å². The van der Waals surface area contributed by atoms with Gasteiger partial charge in [-0.1, -0.05) is 61.5 Å². The molecule has 0 saturated carbocycles. The Kier molecular flexibility index (Phi) is 6.13. The first kappa shape index (κ1) is 21.2. The van der Waals surface area contributed by atoms with Gasteiger partial charge in [0.1, 0.15) is 5.82 Å². The third-order valence-electron chi connectivity index (χ3n) is 5.40. The van der Waals surface area contributed by atoms with Crippen molar-refractivity contribution in [2.75, 3.05) is 6.54 Å². The predicted molar refractivity (Wildman–Crippen MR) is 123 cm³/mol. The van der Waals surface area contributed by atoms with Gasteiger partial charge in [0.2, 0.25) is 5.82 Å².